The number of aromatic nitrogens is 4. The van der Waals surface area contributed by atoms with Gasteiger partial charge in [0.2, 0.25) is 0 Å². The molecule has 0 spiro atoms. The molecule has 0 unspecified atom stereocenters. The van der Waals surface area contributed by atoms with Crippen LogP contribution in [0.3, 0.4) is 0 Å². The third-order valence-electron chi connectivity index (χ3n) is 5.85. The fourth-order valence-electron chi connectivity index (χ4n) is 4.17. The number of carbonyl (C=O) groups excluding carboxylic acids is 1. The van der Waals surface area contributed by atoms with Gasteiger partial charge >= 0.3 is 0 Å². The van der Waals surface area contributed by atoms with Gasteiger partial charge in [-0.05, 0) is 37.6 Å². The van der Waals surface area contributed by atoms with Crippen LogP contribution in [0.2, 0.25) is 0 Å². The highest BCUT2D eigenvalue weighted by atomic mass is 16.2. The maximum Gasteiger partial charge on any atom is 0.253 e. The summed E-state index contributed by atoms with van der Waals surface area (Å²) in [6, 6.07) is 19.6. The van der Waals surface area contributed by atoms with Crippen molar-refractivity contribution in [2.45, 2.75) is 19.8 Å². The number of amides is 1. The number of para-hydroxylation sites is 2. The fraction of sp³-hybridized carbons (Fsp3) is 0.280. The fourth-order valence-corrected chi connectivity index (χ4v) is 4.17. The summed E-state index contributed by atoms with van der Waals surface area (Å²) < 4.78 is 0. The molecule has 5 rings (SSSR count). The second kappa shape index (κ2) is 8.78. The van der Waals surface area contributed by atoms with Gasteiger partial charge in [0, 0.05) is 49.9 Å². The molecule has 0 saturated carbocycles. The maximum absolute atomic E-state index is 12.7. The lowest BCUT2D eigenvalue weighted by Crippen LogP contribution is -2.49. The van der Waals surface area contributed by atoms with Crippen molar-refractivity contribution in [2.24, 2.45) is 0 Å². The number of fused-ring (bicyclic) bond motifs is 1. The number of hydrogen-bond acceptors (Lipinski definition) is 5. The number of nitrogens with one attached hydrogen (secondary N) is 1. The first-order valence-electron chi connectivity index (χ1n) is 11.0. The SMILES string of the molecule is Cc1nc(CCc2nc3ccccc3[nH]2)cc(N2CCN(C(=O)c3ccccc3)CC2)n1. The summed E-state index contributed by atoms with van der Waals surface area (Å²) in [5.74, 6) is 2.77. The van der Waals surface area contributed by atoms with Crippen LogP contribution in [-0.2, 0) is 12.8 Å². The average Bonchev–Trinajstić information content (AvgIpc) is 3.26. The first-order chi connectivity index (χ1) is 15.7. The summed E-state index contributed by atoms with van der Waals surface area (Å²) in [7, 11) is 0. The second-order valence-electron chi connectivity index (χ2n) is 8.11. The van der Waals surface area contributed by atoms with Crippen molar-refractivity contribution in [3.8, 4) is 0 Å². The molecule has 32 heavy (non-hydrogen) atoms. The third kappa shape index (κ3) is 4.32. The topological polar surface area (TPSA) is 78.0 Å². The summed E-state index contributed by atoms with van der Waals surface area (Å²) in [4.78, 5) is 34.2. The Kier molecular flexibility index (Phi) is 5.54. The molecule has 0 atom stereocenters. The Labute approximate surface area is 187 Å². The van der Waals surface area contributed by atoms with Gasteiger partial charge in [-0.3, -0.25) is 4.79 Å². The van der Waals surface area contributed by atoms with E-state index < -0.39 is 0 Å². The predicted molar refractivity (Wildman–Crippen MR) is 125 cm³/mol. The molecule has 1 fully saturated rings. The Morgan fingerprint density at radius 2 is 1.66 bits per heavy atom. The standard InChI is InChI=1S/C25H26N6O/c1-18-26-20(11-12-23-28-21-9-5-6-10-22(21)29-23)17-24(27-18)30-13-15-31(16-14-30)25(32)19-7-3-2-4-8-19/h2-10,17H,11-16H2,1H3,(H,28,29). The van der Waals surface area contributed by atoms with Crippen molar-refractivity contribution < 1.29 is 4.79 Å². The molecule has 162 valence electrons. The highest BCUT2D eigenvalue weighted by Crippen LogP contribution is 2.18. The van der Waals surface area contributed by atoms with Crippen molar-refractivity contribution in [1.29, 1.82) is 0 Å². The molecule has 0 aliphatic carbocycles. The molecule has 1 amide bonds. The lowest BCUT2D eigenvalue weighted by Gasteiger charge is -2.35. The smallest absolute Gasteiger partial charge is 0.253 e. The number of carbonyl (C=O) groups is 1. The van der Waals surface area contributed by atoms with E-state index >= 15 is 0 Å². The van der Waals surface area contributed by atoms with E-state index in [1.54, 1.807) is 0 Å². The van der Waals surface area contributed by atoms with Gasteiger partial charge in [-0.2, -0.15) is 0 Å². The van der Waals surface area contributed by atoms with E-state index in [1.165, 1.54) is 0 Å². The molecule has 1 saturated heterocycles. The van der Waals surface area contributed by atoms with E-state index in [9.17, 15) is 4.79 Å². The highest BCUT2D eigenvalue weighted by molar-refractivity contribution is 5.94. The van der Waals surface area contributed by atoms with Crippen LogP contribution >= 0.6 is 0 Å². The van der Waals surface area contributed by atoms with E-state index in [0.29, 0.717) is 13.1 Å². The van der Waals surface area contributed by atoms with Crippen molar-refractivity contribution in [2.75, 3.05) is 31.1 Å². The van der Waals surface area contributed by atoms with E-state index in [1.807, 2.05) is 66.4 Å². The summed E-state index contributed by atoms with van der Waals surface area (Å²) >= 11 is 0. The number of aryl methyl sites for hydroxylation is 3. The molecule has 2 aromatic carbocycles. The minimum absolute atomic E-state index is 0.0932. The molecule has 7 heteroatoms. The number of imidazole rings is 1. The Morgan fingerprint density at radius 1 is 0.906 bits per heavy atom. The molecular weight excluding hydrogens is 400 g/mol. The summed E-state index contributed by atoms with van der Waals surface area (Å²) in [5.41, 5.74) is 3.80. The van der Waals surface area contributed by atoms with Crippen LogP contribution in [0.25, 0.3) is 11.0 Å². The first-order valence-corrected chi connectivity index (χ1v) is 11.0. The summed E-state index contributed by atoms with van der Waals surface area (Å²) in [5, 5.41) is 0. The zero-order valence-electron chi connectivity index (χ0n) is 18.2. The van der Waals surface area contributed by atoms with Gasteiger partial charge in [-0.15, -0.1) is 0 Å². The van der Waals surface area contributed by atoms with E-state index in [-0.39, 0.29) is 5.91 Å². The summed E-state index contributed by atoms with van der Waals surface area (Å²) in [6.07, 6.45) is 1.59. The normalized spacial score (nSPS) is 14.2. The van der Waals surface area contributed by atoms with Crippen molar-refractivity contribution in [3.05, 3.63) is 83.6 Å². The average molecular weight is 427 g/mol. The van der Waals surface area contributed by atoms with Crippen LogP contribution in [-0.4, -0.2) is 56.9 Å². The highest BCUT2D eigenvalue weighted by Gasteiger charge is 2.23. The van der Waals surface area contributed by atoms with Crippen LogP contribution < -0.4 is 4.90 Å². The molecule has 1 aliphatic heterocycles. The Hall–Kier alpha value is -3.74. The Bertz CT molecular complexity index is 1190. The molecule has 3 heterocycles. The third-order valence-corrected chi connectivity index (χ3v) is 5.85. The number of aromatic amines is 1. The van der Waals surface area contributed by atoms with Gasteiger partial charge in [0.25, 0.3) is 5.91 Å². The molecule has 0 bridgehead atoms. The van der Waals surface area contributed by atoms with Crippen LogP contribution in [0.4, 0.5) is 5.82 Å². The van der Waals surface area contributed by atoms with Crippen LogP contribution in [0.5, 0.6) is 0 Å². The molecule has 0 radical (unpaired) electrons. The maximum atomic E-state index is 12.7. The minimum Gasteiger partial charge on any atom is -0.353 e. The molecule has 1 N–H and O–H groups in total. The van der Waals surface area contributed by atoms with Crippen molar-refractivity contribution >= 4 is 22.8 Å². The van der Waals surface area contributed by atoms with Crippen LogP contribution in [0.15, 0.2) is 60.7 Å². The van der Waals surface area contributed by atoms with E-state index in [0.717, 1.165) is 65.7 Å². The largest absolute Gasteiger partial charge is 0.353 e. The monoisotopic (exact) mass is 426 g/mol. The van der Waals surface area contributed by atoms with Crippen molar-refractivity contribution in [3.63, 3.8) is 0 Å². The van der Waals surface area contributed by atoms with Gasteiger partial charge in [-0.25, -0.2) is 15.0 Å². The molecule has 7 nitrogen and oxygen atoms in total. The number of benzene rings is 2. The van der Waals surface area contributed by atoms with Gasteiger partial charge in [-0.1, -0.05) is 30.3 Å². The quantitative estimate of drug-likeness (QED) is 0.529. The van der Waals surface area contributed by atoms with E-state index in [2.05, 4.69) is 30.9 Å². The van der Waals surface area contributed by atoms with Crippen LogP contribution in [0.1, 0.15) is 27.7 Å². The van der Waals surface area contributed by atoms with Gasteiger partial charge < -0.3 is 14.8 Å². The molecule has 1 aliphatic rings. The number of piperazine rings is 1. The predicted octanol–water partition coefficient (Wildman–Crippen LogP) is 3.41. The number of nitrogens with zero attached hydrogens (tertiary/aromatic N) is 5. The van der Waals surface area contributed by atoms with E-state index in [4.69, 9.17) is 0 Å². The van der Waals surface area contributed by atoms with Gasteiger partial charge in [0.1, 0.15) is 17.5 Å². The number of hydrogen-bond donors (Lipinski definition) is 1. The molecule has 2 aromatic heterocycles. The minimum atomic E-state index is 0.0932. The van der Waals surface area contributed by atoms with Gasteiger partial charge in [0.05, 0.1) is 11.0 Å². The number of rotatable bonds is 5. The summed E-state index contributed by atoms with van der Waals surface area (Å²) in [6.45, 7) is 4.83. The first kappa shape index (κ1) is 20.2. The number of H-pyrrole nitrogens is 1. The zero-order chi connectivity index (χ0) is 21.9. The second-order valence-corrected chi connectivity index (χ2v) is 8.11. The number of anilines is 1. The molecule has 4 aromatic rings. The van der Waals surface area contributed by atoms with Gasteiger partial charge in [0.15, 0.2) is 0 Å². The zero-order valence-corrected chi connectivity index (χ0v) is 18.2. The Morgan fingerprint density at radius 3 is 2.44 bits per heavy atom. The van der Waals surface area contributed by atoms with Crippen LogP contribution in [0, 0.1) is 6.92 Å². The van der Waals surface area contributed by atoms with Crippen molar-refractivity contribution in [1.82, 2.24) is 24.8 Å². The Balaban J connectivity index is 1.23. The lowest BCUT2D eigenvalue weighted by atomic mass is 10.1. The lowest BCUT2D eigenvalue weighted by molar-refractivity contribution is 0.0746. The molecular formula is C25H26N6O.